The molecule has 4 rings (SSSR count). The van der Waals surface area contributed by atoms with E-state index in [0.29, 0.717) is 30.2 Å². The van der Waals surface area contributed by atoms with Gasteiger partial charge in [-0.05, 0) is 24.1 Å². The Kier molecular flexibility index (Phi) is 5.24. The van der Waals surface area contributed by atoms with E-state index < -0.39 is 0 Å². The molecule has 1 aliphatic heterocycles. The van der Waals surface area contributed by atoms with Crippen molar-refractivity contribution < 1.29 is 9.53 Å². The summed E-state index contributed by atoms with van der Waals surface area (Å²) in [5.41, 5.74) is 1.38. The highest BCUT2D eigenvalue weighted by molar-refractivity contribution is 5.97. The Morgan fingerprint density at radius 3 is 2.79 bits per heavy atom. The second kappa shape index (κ2) is 7.98. The third-order valence-corrected chi connectivity index (χ3v) is 5.45. The van der Waals surface area contributed by atoms with Gasteiger partial charge in [0.1, 0.15) is 5.75 Å². The smallest absolute Gasteiger partial charge is 0.258 e. The van der Waals surface area contributed by atoms with Crippen molar-refractivity contribution in [3.8, 4) is 17.1 Å². The monoisotopic (exact) mass is 392 g/mol. The SMILES string of the molecule is CC[C@H](C)[C@H]1c2nc(-c3cccnc3)nn2CCN1C(=O)c1ccncc1OC. The number of pyridine rings is 2. The fourth-order valence-corrected chi connectivity index (χ4v) is 3.72. The van der Waals surface area contributed by atoms with Crippen LogP contribution >= 0.6 is 0 Å². The van der Waals surface area contributed by atoms with E-state index in [1.54, 1.807) is 38.0 Å². The largest absolute Gasteiger partial charge is 0.494 e. The fraction of sp³-hybridized carbons (Fsp3) is 0.381. The van der Waals surface area contributed by atoms with Gasteiger partial charge in [0.25, 0.3) is 5.91 Å². The standard InChI is InChI=1S/C21H24N6O2/c1-4-14(2)18-20-24-19(15-6-5-8-22-12-15)25-27(20)11-10-26(18)21(28)16-7-9-23-13-17(16)29-3/h5-9,12-14,18H,4,10-11H2,1-3H3/t14-,18-/m0/s1. The lowest BCUT2D eigenvalue weighted by molar-refractivity contribution is 0.0515. The van der Waals surface area contributed by atoms with Crippen LogP contribution in [-0.2, 0) is 6.54 Å². The Balaban J connectivity index is 1.74. The van der Waals surface area contributed by atoms with Crippen molar-refractivity contribution in [2.75, 3.05) is 13.7 Å². The molecule has 8 heteroatoms. The van der Waals surface area contributed by atoms with Gasteiger partial charge in [-0.3, -0.25) is 14.8 Å². The van der Waals surface area contributed by atoms with Gasteiger partial charge in [-0.2, -0.15) is 5.10 Å². The molecular formula is C21H24N6O2. The molecule has 3 aromatic heterocycles. The Labute approximate surface area is 169 Å². The summed E-state index contributed by atoms with van der Waals surface area (Å²) in [7, 11) is 1.55. The third-order valence-electron chi connectivity index (χ3n) is 5.45. The highest BCUT2D eigenvalue weighted by Gasteiger charge is 2.38. The summed E-state index contributed by atoms with van der Waals surface area (Å²) >= 11 is 0. The average Bonchev–Trinajstić information content (AvgIpc) is 3.22. The van der Waals surface area contributed by atoms with Crippen molar-refractivity contribution in [1.82, 2.24) is 29.6 Å². The minimum Gasteiger partial charge on any atom is -0.494 e. The van der Waals surface area contributed by atoms with E-state index in [1.165, 1.54) is 0 Å². The van der Waals surface area contributed by atoms with Gasteiger partial charge in [-0.25, -0.2) is 9.67 Å². The molecule has 0 radical (unpaired) electrons. The minimum atomic E-state index is -0.169. The summed E-state index contributed by atoms with van der Waals surface area (Å²) < 4.78 is 7.28. The van der Waals surface area contributed by atoms with Crippen LogP contribution in [-0.4, -0.2) is 49.2 Å². The van der Waals surface area contributed by atoms with Crippen LogP contribution in [0.2, 0.25) is 0 Å². The third kappa shape index (κ3) is 3.46. The number of rotatable bonds is 5. The average molecular weight is 392 g/mol. The van der Waals surface area contributed by atoms with Crippen LogP contribution in [0.5, 0.6) is 5.75 Å². The zero-order valence-electron chi connectivity index (χ0n) is 16.8. The number of hydrogen-bond donors (Lipinski definition) is 0. The van der Waals surface area contributed by atoms with Gasteiger partial charge in [0.05, 0.1) is 31.5 Å². The number of nitrogens with zero attached hydrogens (tertiary/aromatic N) is 6. The molecule has 0 aliphatic carbocycles. The van der Waals surface area contributed by atoms with Crippen molar-refractivity contribution in [2.45, 2.75) is 32.9 Å². The van der Waals surface area contributed by atoms with Crippen molar-refractivity contribution in [1.29, 1.82) is 0 Å². The molecule has 3 aromatic rings. The first kappa shape index (κ1) is 19.0. The van der Waals surface area contributed by atoms with Gasteiger partial charge >= 0.3 is 0 Å². The van der Waals surface area contributed by atoms with Crippen molar-refractivity contribution in [3.05, 3.63) is 54.4 Å². The number of aromatic nitrogens is 5. The van der Waals surface area contributed by atoms with Gasteiger partial charge in [0.2, 0.25) is 0 Å². The van der Waals surface area contributed by atoms with Gasteiger partial charge in [0.15, 0.2) is 11.6 Å². The lowest BCUT2D eigenvalue weighted by Crippen LogP contribution is -2.45. The molecule has 2 atom stereocenters. The van der Waals surface area contributed by atoms with Gasteiger partial charge < -0.3 is 9.64 Å². The van der Waals surface area contributed by atoms with Crippen LogP contribution in [0.25, 0.3) is 11.4 Å². The van der Waals surface area contributed by atoms with E-state index in [1.807, 2.05) is 21.7 Å². The molecule has 29 heavy (non-hydrogen) atoms. The second-order valence-corrected chi connectivity index (χ2v) is 7.16. The number of hydrogen-bond acceptors (Lipinski definition) is 6. The van der Waals surface area contributed by atoms with Crippen molar-refractivity contribution in [2.24, 2.45) is 5.92 Å². The molecule has 0 bridgehead atoms. The summed E-state index contributed by atoms with van der Waals surface area (Å²) in [4.78, 5) is 28.4. The lowest BCUT2D eigenvalue weighted by Gasteiger charge is -2.38. The van der Waals surface area contributed by atoms with E-state index in [-0.39, 0.29) is 17.9 Å². The molecule has 0 saturated carbocycles. The maximum atomic E-state index is 13.4. The summed E-state index contributed by atoms with van der Waals surface area (Å²) in [6, 6.07) is 5.34. The Bertz CT molecular complexity index is 1000. The van der Waals surface area contributed by atoms with Crippen LogP contribution in [0.3, 0.4) is 0 Å². The summed E-state index contributed by atoms with van der Waals surface area (Å²) in [6.07, 6.45) is 7.57. The molecule has 0 aromatic carbocycles. The molecule has 0 unspecified atom stereocenters. The summed E-state index contributed by atoms with van der Waals surface area (Å²) in [6.45, 7) is 5.41. The molecule has 0 spiro atoms. The van der Waals surface area contributed by atoms with E-state index in [2.05, 4.69) is 28.9 Å². The molecule has 0 N–H and O–H groups in total. The van der Waals surface area contributed by atoms with Crippen LogP contribution in [0.15, 0.2) is 43.0 Å². The predicted molar refractivity (Wildman–Crippen MR) is 107 cm³/mol. The van der Waals surface area contributed by atoms with Crippen molar-refractivity contribution >= 4 is 5.91 Å². The predicted octanol–water partition coefficient (Wildman–Crippen LogP) is 2.99. The number of methoxy groups -OCH3 is 1. The summed E-state index contributed by atoms with van der Waals surface area (Å²) in [5, 5.41) is 4.68. The molecular weight excluding hydrogens is 368 g/mol. The molecule has 4 heterocycles. The molecule has 1 amide bonds. The Hall–Kier alpha value is -3.29. The van der Waals surface area contributed by atoms with E-state index in [0.717, 1.165) is 17.8 Å². The molecule has 0 saturated heterocycles. The first-order valence-electron chi connectivity index (χ1n) is 9.78. The quantitative estimate of drug-likeness (QED) is 0.663. The van der Waals surface area contributed by atoms with E-state index in [9.17, 15) is 4.79 Å². The van der Waals surface area contributed by atoms with Gasteiger partial charge in [0, 0.05) is 30.7 Å². The first-order chi connectivity index (χ1) is 14.1. The normalized spacial score (nSPS) is 16.9. The van der Waals surface area contributed by atoms with Crippen LogP contribution < -0.4 is 4.74 Å². The van der Waals surface area contributed by atoms with Crippen LogP contribution in [0.1, 0.15) is 42.5 Å². The topological polar surface area (TPSA) is 86.0 Å². The Morgan fingerprint density at radius 2 is 2.07 bits per heavy atom. The first-order valence-corrected chi connectivity index (χ1v) is 9.78. The highest BCUT2D eigenvalue weighted by Crippen LogP contribution is 2.35. The lowest BCUT2D eigenvalue weighted by atomic mass is 9.94. The maximum absolute atomic E-state index is 13.4. The van der Waals surface area contributed by atoms with E-state index in [4.69, 9.17) is 9.72 Å². The number of carbonyl (C=O) groups excluding carboxylic acids is 1. The van der Waals surface area contributed by atoms with Crippen LogP contribution in [0.4, 0.5) is 0 Å². The fourth-order valence-electron chi connectivity index (χ4n) is 3.72. The number of ether oxygens (including phenoxy) is 1. The van der Waals surface area contributed by atoms with E-state index >= 15 is 0 Å². The number of fused-ring (bicyclic) bond motifs is 1. The van der Waals surface area contributed by atoms with Gasteiger partial charge in [-0.1, -0.05) is 20.3 Å². The maximum Gasteiger partial charge on any atom is 0.258 e. The summed E-state index contributed by atoms with van der Waals surface area (Å²) in [5.74, 6) is 2.06. The molecule has 0 fully saturated rings. The second-order valence-electron chi connectivity index (χ2n) is 7.16. The Morgan fingerprint density at radius 1 is 1.24 bits per heavy atom. The molecule has 8 nitrogen and oxygen atoms in total. The molecule has 150 valence electrons. The highest BCUT2D eigenvalue weighted by atomic mass is 16.5. The van der Waals surface area contributed by atoms with Crippen molar-refractivity contribution in [3.63, 3.8) is 0 Å². The zero-order chi connectivity index (χ0) is 20.4. The number of carbonyl (C=O) groups is 1. The minimum absolute atomic E-state index is 0.0771. The number of amides is 1. The molecule has 1 aliphatic rings. The van der Waals surface area contributed by atoms with Crippen LogP contribution in [0, 0.1) is 5.92 Å². The zero-order valence-corrected chi connectivity index (χ0v) is 16.8. The van der Waals surface area contributed by atoms with Gasteiger partial charge in [-0.15, -0.1) is 0 Å².